The minimum atomic E-state index is -2.96. The highest BCUT2D eigenvalue weighted by Crippen LogP contribution is 2.26. The van der Waals surface area contributed by atoms with Crippen molar-refractivity contribution in [3.8, 4) is 5.75 Å². The van der Waals surface area contributed by atoms with Crippen LogP contribution in [0.15, 0.2) is 36.4 Å². The number of hydrogen-bond acceptors (Lipinski definition) is 4. The van der Waals surface area contributed by atoms with Gasteiger partial charge >= 0.3 is 6.61 Å². The molecule has 0 unspecified atom stereocenters. The van der Waals surface area contributed by atoms with Crippen LogP contribution >= 0.6 is 11.8 Å². The van der Waals surface area contributed by atoms with E-state index in [0.29, 0.717) is 18.6 Å². The number of hydrogen-bond donors (Lipinski definition) is 2. The molecule has 2 aromatic rings. The Labute approximate surface area is 179 Å². The Morgan fingerprint density at radius 2 is 1.70 bits per heavy atom. The van der Waals surface area contributed by atoms with E-state index >= 15 is 0 Å². The van der Waals surface area contributed by atoms with E-state index in [1.807, 2.05) is 32.9 Å². The number of halogens is 2. The number of amides is 2. The van der Waals surface area contributed by atoms with Gasteiger partial charge in [-0.25, -0.2) is 0 Å². The Morgan fingerprint density at radius 3 is 2.37 bits per heavy atom. The van der Waals surface area contributed by atoms with Crippen LogP contribution in [0.25, 0.3) is 0 Å². The highest BCUT2D eigenvalue weighted by molar-refractivity contribution is 7.99. The van der Waals surface area contributed by atoms with Crippen molar-refractivity contribution in [2.75, 3.05) is 22.1 Å². The molecule has 0 radical (unpaired) electrons. The normalized spacial score (nSPS) is 10.7. The summed E-state index contributed by atoms with van der Waals surface area (Å²) in [4.78, 5) is 24.2. The number of para-hydroxylation sites is 2. The summed E-state index contributed by atoms with van der Waals surface area (Å²) in [6.45, 7) is 2.99. The second-order valence-corrected chi connectivity index (χ2v) is 8.01. The number of benzene rings is 2. The number of ether oxygens (including phenoxy) is 1. The van der Waals surface area contributed by atoms with E-state index in [4.69, 9.17) is 0 Å². The first-order valence-corrected chi connectivity index (χ1v) is 10.7. The Kier molecular flexibility index (Phi) is 9.11. The van der Waals surface area contributed by atoms with Crippen molar-refractivity contribution in [1.29, 1.82) is 0 Å². The largest absolute Gasteiger partial charge is 0.433 e. The molecular weight excluding hydrogens is 410 g/mol. The maximum absolute atomic E-state index is 12.4. The van der Waals surface area contributed by atoms with Gasteiger partial charge in [-0.15, -0.1) is 0 Å². The Morgan fingerprint density at radius 1 is 1.03 bits per heavy atom. The highest BCUT2D eigenvalue weighted by Gasteiger charge is 2.12. The number of nitrogens with one attached hydrogen (secondary N) is 2. The maximum atomic E-state index is 12.4. The summed E-state index contributed by atoms with van der Waals surface area (Å²) < 4.78 is 29.2. The smallest absolute Gasteiger partial charge is 0.387 e. The first-order valence-electron chi connectivity index (χ1n) is 9.55. The summed E-state index contributed by atoms with van der Waals surface area (Å²) in [5, 5.41) is 5.53. The summed E-state index contributed by atoms with van der Waals surface area (Å²) in [5.74, 6) is 0.320. The minimum Gasteiger partial charge on any atom is -0.433 e. The lowest BCUT2D eigenvalue weighted by Gasteiger charge is -2.13. The quantitative estimate of drug-likeness (QED) is 0.496. The van der Waals surface area contributed by atoms with Crippen LogP contribution in [0.4, 0.5) is 20.2 Å². The van der Waals surface area contributed by atoms with Gasteiger partial charge in [0.1, 0.15) is 5.75 Å². The third-order valence-corrected chi connectivity index (χ3v) is 5.29. The molecule has 5 nitrogen and oxygen atoms in total. The SMILES string of the molecule is Cc1cc(C)c(NC(=O)CCCSCC(=O)Nc2ccccc2OC(F)F)c(C)c1. The molecular formula is C22H26F2N2O3S. The second-order valence-electron chi connectivity index (χ2n) is 6.90. The molecule has 30 heavy (non-hydrogen) atoms. The van der Waals surface area contributed by atoms with Gasteiger partial charge in [0.25, 0.3) is 0 Å². The summed E-state index contributed by atoms with van der Waals surface area (Å²) >= 11 is 1.38. The van der Waals surface area contributed by atoms with Crippen LogP contribution in [0.3, 0.4) is 0 Å². The lowest BCUT2D eigenvalue weighted by atomic mass is 10.0. The fraction of sp³-hybridized carbons (Fsp3) is 0.364. The van der Waals surface area contributed by atoms with Gasteiger partial charge in [-0.3, -0.25) is 9.59 Å². The monoisotopic (exact) mass is 436 g/mol. The Balaban J connectivity index is 1.71. The molecule has 162 valence electrons. The summed E-state index contributed by atoms with van der Waals surface area (Å²) in [6.07, 6.45) is 0.977. The number of carbonyl (C=O) groups is 2. The topological polar surface area (TPSA) is 67.4 Å². The van der Waals surface area contributed by atoms with Gasteiger partial charge in [0.15, 0.2) is 0 Å². The third kappa shape index (κ3) is 7.67. The fourth-order valence-electron chi connectivity index (χ4n) is 3.03. The van der Waals surface area contributed by atoms with E-state index in [-0.39, 0.29) is 29.0 Å². The van der Waals surface area contributed by atoms with Crippen LogP contribution in [0.5, 0.6) is 5.75 Å². The summed E-state index contributed by atoms with van der Waals surface area (Å²) in [7, 11) is 0. The molecule has 2 N–H and O–H groups in total. The third-order valence-electron chi connectivity index (χ3n) is 4.24. The molecule has 0 aliphatic rings. The molecule has 0 saturated heterocycles. The van der Waals surface area contributed by atoms with Crippen molar-refractivity contribution >= 4 is 35.0 Å². The van der Waals surface area contributed by atoms with E-state index in [2.05, 4.69) is 15.4 Å². The van der Waals surface area contributed by atoms with Crippen LogP contribution in [0.1, 0.15) is 29.5 Å². The van der Waals surface area contributed by atoms with Crippen molar-refractivity contribution in [2.24, 2.45) is 0 Å². The fourth-order valence-corrected chi connectivity index (χ4v) is 3.78. The molecule has 2 rings (SSSR count). The van der Waals surface area contributed by atoms with Crippen molar-refractivity contribution in [3.05, 3.63) is 53.1 Å². The van der Waals surface area contributed by atoms with Crippen LogP contribution < -0.4 is 15.4 Å². The zero-order valence-corrected chi connectivity index (χ0v) is 18.1. The number of alkyl halides is 2. The van der Waals surface area contributed by atoms with Crippen molar-refractivity contribution in [1.82, 2.24) is 0 Å². The van der Waals surface area contributed by atoms with Crippen LogP contribution in [0, 0.1) is 20.8 Å². The molecule has 0 aromatic heterocycles. The molecule has 0 bridgehead atoms. The number of carbonyl (C=O) groups excluding carboxylic acids is 2. The van der Waals surface area contributed by atoms with Gasteiger partial charge in [-0.2, -0.15) is 20.5 Å². The number of thioether (sulfide) groups is 1. The predicted octanol–water partition coefficient (Wildman–Crippen LogP) is 5.30. The molecule has 0 heterocycles. The van der Waals surface area contributed by atoms with E-state index < -0.39 is 6.61 Å². The molecule has 2 amide bonds. The van der Waals surface area contributed by atoms with Crippen molar-refractivity contribution < 1.29 is 23.1 Å². The molecule has 2 aromatic carbocycles. The first-order chi connectivity index (χ1) is 14.3. The van der Waals surface area contributed by atoms with Crippen LogP contribution in [-0.4, -0.2) is 29.9 Å². The van der Waals surface area contributed by atoms with Gasteiger partial charge in [0, 0.05) is 12.1 Å². The zero-order valence-electron chi connectivity index (χ0n) is 17.3. The van der Waals surface area contributed by atoms with Crippen molar-refractivity contribution in [2.45, 2.75) is 40.2 Å². The highest BCUT2D eigenvalue weighted by atomic mass is 32.2. The number of aryl methyl sites for hydroxylation is 3. The average Bonchev–Trinajstić information content (AvgIpc) is 2.65. The lowest BCUT2D eigenvalue weighted by molar-refractivity contribution is -0.116. The average molecular weight is 437 g/mol. The summed E-state index contributed by atoms with van der Waals surface area (Å²) in [6, 6.07) is 10.1. The van der Waals surface area contributed by atoms with Gasteiger partial charge in [-0.1, -0.05) is 29.8 Å². The van der Waals surface area contributed by atoms with Gasteiger partial charge in [-0.05, 0) is 56.2 Å². The molecule has 0 aliphatic heterocycles. The first kappa shape index (κ1) is 23.7. The number of anilines is 2. The Hall–Kier alpha value is -2.61. The van der Waals surface area contributed by atoms with Gasteiger partial charge in [0.05, 0.1) is 11.4 Å². The predicted molar refractivity (Wildman–Crippen MR) is 118 cm³/mol. The Bertz CT molecular complexity index is 867. The lowest BCUT2D eigenvalue weighted by Crippen LogP contribution is -2.16. The number of rotatable bonds is 10. The standard InChI is InChI=1S/C22H26F2N2O3S/c1-14-11-15(2)21(16(3)12-14)26-19(27)9-6-10-30-13-20(28)25-17-7-4-5-8-18(17)29-22(23)24/h4-5,7-8,11-12,22H,6,9-10,13H2,1-3H3,(H,25,28)(H,26,27). The minimum absolute atomic E-state index is 0.0619. The van der Waals surface area contributed by atoms with Crippen LogP contribution in [-0.2, 0) is 9.59 Å². The van der Waals surface area contributed by atoms with E-state index in [9.17, 15) is 18.4 Å². The second kappa shape index (κ2) is 11.5. The summed E-state index contributed by atoms with van der Waals surface area (Å²) in [5.41, 5.74) is 4.26. The van der Waals surface area contributed by atoms with E-state index in [1.54, 1.807) is 12.1 Å². The molecule has 8 heteroatoms. The maximum Gasteiger partial charge on any atom is 0.387 e. The molecule has 0 saturated carbocycles. The molecule has 0 atom stereocenters. The zero-order chi connectivity index (χ0) is 22.1. The molecule has 0 aliphatic carbocycles. The molecule has 0 fully saturated rings. The van der Waals surface area contributed by atoms with Crippen molar-refractivity contribution in [3.63, 3.8) is 0 Å². The van der Waals surface area contributed by atoms with Crippen LogP contribution in [0.2, 0.25) is 0 Å². The molecule has 0 spiro atoms. The van der Waals surface area contributed by atoms with E-state index in [0.717, 1.165) is 22.4 Å². The van der Waals surface area contributed by atoms with E-state index in [1.165, 1.54) is 23.9 Å². The van der Waals surface area contributed by atoms with Gasteiger partial charge in [0.2, 0.25) is 11.8 Å². The van der Waals surface area contributed by atoms with Gasteiger partial charge < -0.3 is 15.4 Å².